The van der Waals surface area contributed by atoms with Gasteiger partial charge in [0.1, 0.15) is 18.7 Å². The molecule has 0 spiro atoms. The van der Waals surface area contributed by atoms with Crippen molar-refractivity contribution in [3.05, 3.63) is 12.7 Å². The molecule has 8 heteroatoms. The summed E-state index contributed by atoms with van der Waals surface area (Å²) in [5, 5.41) is 3.79. The van der Waals surface area contributed by atoms with Gasteiger partial charge >= 0.3 is 5.97 Å². The van der Waals surface area contributed by atoms with Gasteiger partial charge in [-0.1, -0.05) is 0 Å². The van der Waals surface area contributed by atoms with Crippen LogP contribution < -0.4 is 5.73 Å². The number of hydrogen-bond acceptors (Lipinski definition) is 5. The Morgan fingerprint density at radius 1 is 1.64 bits per heavy atom. The van der Waals surface area contributed by atoms with E-state index in [2.05, 4.69) is 14.8 Å². The molecule has 0 aliphatic rings. The summed E-state index contributed by atoms with van der Waals surface area (Å²) < 4.78 is 5.91. The Kier molecular flexibility index (Phi) is 8.41. The second-order valence-electron chi connectivity index (χ2n) is 2.25. The van der Waals surface area contributed by atoms with Crippen LogP contribution >= 0.6 is 24.8 Å². The average molecular weight is 243 g/mol. The van der Waals surface area contributed by atoms with Gasteiger partial charge in [0, 0.05) is 0 Å². The molecular weight excluding hydrogens is 231 g/mol. The normalized spacial score (nSPS) is 10.7. The van der Waals surface area contributed by atoms with Crippen molar-refractivity contribution >= 4 is 30.8 Å². The first-order chi connectivity index (χ1) is 5.74. The predicted molar refractivity (Wildman–Crippen MR) is 54.5 cm³/mol. The quantitative estimate of drug-likeness (QED) is 0.732. The molecule has 0 amide bonds. The van der Waals surface area contributed by atoms with E-state index in [0.717, 1.165) is 0 Å². The molecule has 1 aromatic heterocycles. The van der Waals surface area contributed by atoms with Crippen LogP contribution in [0.25, 0.3) is 0 Å². The van der Waals surface area contributed by atoms with E-state index in [0.29, 0.717) is 0 Å². The Balaban J connectivity index is 0. The van der Waals surface area contributed by atoms with Crippen LogP contribution in [-0.4, -0.2) is 33.9 Å². The highest BCUT2D eigenvalue weighted by molar-refractivity contribution is 5.85. The number of carbonyl (C=O) groups excluding carboxylic acids is 1. The number of nitrogens with zero attached hydrogens (tertiary/aromatic N) is 3. The zero-order valence-electron chi connectivity index (χ0n) is 7.49. The predicted octanol–water partition coefficient (Wildman–Crippen LogP) is -0.378. The van der Waals surface area contributed by atoms with E-state index >= 15 is 0 Å². The molecule has 0 aliphatic heterocycles. The van der Waals surface area contributed by atoms with Crippen molar-refractivity contribution in [1.29, 1.82) is 0 Å². The maximum absolute atomic E-state index is 10.8. The highest BCUT2D eigenvalue weighted by Gasteiger charge is 2.13. The second kappa shape index (κ2) is 7.54. The van der Waals surface area contributed by atoms with E-state index in [1.54, 1.807) is 0 Å². The number of halogens is 2. The third-order valence-corrected chi connectivity index (χ3v) is 1.35. The molecule has 1 rings (SSSR count). The minimum absolute atomic E-state index is 0. The third kappa shape index (κ3) is 4.40. The standard InChI is InChI=1S/C6H10N4O2.2ClH/c1-12-6(11)5(7)2-10-4-8-3-9-10;;/h3-5H,2,7H2,1H3;2*1H. The maximum atomic E-state index is 10.8. The Morgan fingerprint density at radius 2 is 2.29 bits per heavy atom. The van der Waals surface area contributed by atoms with E-state index in [1.165, 1.54) is 24.4 Å². The zero-order valence-corrected chi connectivity index (χ0v) is 9.12. The first kappa shape index (κ1) is 15.6. The third-order valence-electron chi connectivity index (χ3n) is 1.35. The lowest BCUT2D eigenvalue weighted by atomic mass is 10.3. The Bertz CT molecular complexity index is 254. The van der Waals surface area contributed by atoms with Crippen molar-refractivity contribution in [2.45, 2.75) is 12.6 Å². The zero-order chi connectivity index (χ0) is 8.97. The summed E-state index contributed by atoms with van der Waals surface area (Å²) in [5.74, 6) is -0.453. The minimum atomic E-state index is -0.684. The number of aromatic nitrogens is 3. The molecule has 82 valence electrons. The average Bonchev–Trinajstić information content (AvgIpc) is 2.55. The molecule has 0 aliphatic carbocycles. The molecule has 0 fully saturated rings. The van der Waals surface area contributed by atoms with Crippen LogP contribution in [0.5, 0.6) is 0 Å². The first-order valence-corrected chi connectivity index (χ1v) is 3.40. The van der Waals surface area contributed by atoms with Gasteiger partial charge in [-0.15, -0.1) is 24.8 Å². The molecule has 1 aromatic rings. The van der Waals surface area contributed by atoms with Crippen molar-refractivity contribution in [3.63, 3.8) is 0 Å². The monoisotopic (exact) mass is 242 g/mol. The summed E-state index contributed by atoms with van der Waals surface area (Å²) in [6.07, 6.45) is 2.87. The molecule has 14 heavy (non-hydrogen) atoms. The first-order valence-electron chi connectivity index (χ1n) is 3.40. The van der Waals surface area contributed by atoms with Gasteiger partial charge in [0.2, 0.25) is 0 Å². The van der Waals surface area contributed by atoms with Gasteiger partial charge in [-0.05, 0) is 0 Å². The van der Waals surface area contributed by atoms with Crippen LogP contribution in [0.3, 0.4) is 0 Å². The van der Waals surface area contributed by atoms with Crippen LogP contribution in [0.2, 0.25) is 0 Å². The summed E-state index contributed by atoms with van der Waals surface area (Å²) >= 11 is 0. The van der Waals surface area contributed by atoms with E-state index < -0.39 is 12.0 Å². The number of carbonyl (C=O) groups is 1. The number of nitrogens with two attached hydrogens (primary N) is 1. The van der Waals surface area contributed by atoms with Crippen LogP contribution in [0.15, 0.2) is 12.7 Å². The van der Waals surface area contributed by atoms with Gasteiger partial charge in [0.15, 0.2) is 0 Å². The fourth-order valence-corrected chi connectivity index (χ4v) is 0.754. The van der Waals surface area contributed by atoms with Crippen LogP contribution in [-0.2, 0) is 16.1 Å². The summed E-state index contributed by atoms with van der Waals surface area (Å²) in [5.41, 5.74) is 5.46. The van der Waals surface area contributed by atoms with Crippen molar-refractivity contribution in [1.82, 2.24) is 14.8 Å². The number of methoxy groups -OCH3 is 1. The van der Waals surface area contributed by atoms with Crippen molar-refractivity contribution < 1.29 is 9.53 Å². The van der Waals surface area contributed by atoms with E-state index in [1.807, 2.05) is 0 Å². The lowest BCUT2D eigenvalue weighted by Crippen LogP contribution is -2.35. The SMILES string of the molecule is COC(=O)C(N)Cn1cncn1.Cl.Cl. The van der Waals surface area contributed by atoms with Crippen molar-refractivity contribution in [3.8, 4) is 0 Å². The van der Waals surface area contributed by atoms with Crippen LogP contribution in [0.1, 0.15) is 0 Å². The molecule has 6 nitrogen and oxygen atoms in total. The molecule has 0 aromatic carbocycles. The molecule has 1 unspecified atom stereocenters. The molecule has 0 saturated carbocycles. The lowest BCUT2D eigenvalue weighted by Gasteiger charge is -2.07. The van der Waals surface area contributed by atoms with Gasteiger partial charge in [0.25, 0.3) is 0 Å². The Hall–Kier alpha value is -0.850. The highest BCUT2D eigenvalue weighted by Crippen LogP contribution is 1.88. The van der Waals surface area contributed by atoms with Gasteiger partial charge in [-0.3, -0.25) is 9.48 Å². The lowest BCUT2D eigenvalue weighted by molar-refractivity contribution is -0.142. The number of ether oxygens (including phenoxy) is 1. The fraction of sp³-hybridized carbons (Fsp3) is 0.500. The van der Waals surface area contributed by atoms with E-state index in [4.69, 9.17) is 5.73 Å². The largest absolute Gasteiger partial charge is 0.468 e. The topological polar surface area (TPSA) is 83.0 Å². The summed E-state index contributed by atoms with van der Waals surface area (Å²) in [7, 11) is 1.30. The molecular formula is C6H12Cl2N4O2. The molecule has 0 radical (unpaired) electrons. The summed E-state index contributed by atoms with van der Waals surface area (Å²) in [6, 6.07) is -0.684. The Labute approximate surface area is 93.6 Å². The fourth-order valence-electron chi connectivity index (χ4n) is 0.754. The summed E-state index contributed by atoms with van der Waals surface area (Å²) in [4.78, 5) is 14.5. The minimum Gasteiger partial charge on any atom is -0.468 e. The molecule has 0 saturated heterocycles. The molecule has 0 bridgehead atoms. The van der Waals surface area contributed by atoms with E-state index in [9.17, 15) is 4.79 Å². The van der Waals surface area contributed by atoms with Gasteiger partial charge in [0.05, 0.1) is 13.7 Å². The molecule has 1 atom stereocenters. The van der Waals surface area contributed by atoms with Crippen molar-refractivity contribution in [2.75, 3.05) is 7.11 Å². The van der Waals surface area contributed by atoms with E-state index in [-0.39, 0.29) is 31.4 Å². The second-order valence-corrected chi connectivity index (χ2v) is 2.25. The van der Waals surface area contributed by atoms with Crippen LogP contribution in [0.4, 0.5) is 0 Å². The van der Waals surface area contributed by atoms with Gasteiger partial charge < -0.3 is 10.5 Å². The van der Waals surface area contributed by atoms with Crippen LogP contribution in [0, 0.1) is 0 Å². The summed E-state index contributed by atoms with van der Waals surface area (Å²) in [6.45, 7) is 0.284. The number of hydrogen-bond donors (Lipinski definition) is 1. The number of rotatable bonds is 3. The van der Waals surface area contributed by atoms with Crippen molar-refractivity contribution in [2.24, 2.45) is 5.73 Å². The Morgan fingerprint density at radius 3 is 2.71 bits per heavy atom. The molecule has 1 heterocycles. The smallest absolute Gasteiger partial charge is 0.324 e. The van der Waals surface area contributed by atoms with Gasteiger partial charge in [-0.25, -0.2) is 4.98 Å². The van der Waals surface area contributed by atoms with Gasteiger partial charge in [-0.2, -0.15) is 5.10 Å². The highest BCUT2D eigenvalue weighted by atomic mass is 35.5. The number of esters is 1. The maximum Gasteiger partial charge on any atom is 0.324 e. The molecule has 2 N–H and O–H groups in total.